The third-order valence-electron chi connectivity index (χ3n) is 10.3. The van der Waals surface area contributed by atoms with Crippen molar-refractivity contribution in [3.8, 4) is 28.3 Å². The van der Waals surface area contributed by atoms with Gasteiger partial charge in [-0.25, -0.2) is 0 Å². The highest BCUT2D eigenvalue weighted by Crippen LogP contribution is 2.46. The first-order chi connectivity index (χ1) is 25.7. The van der Waals surface area contributed by atoms with E-state index in [-0.39, 0.29) is 0 Å². The van der Waals surface area contributed by atoms with Gasteiger partial charge in [0.2, 0.25) is 0 Å². The van der Waals surface area contributed by atoms with Gasteiger partial charge in [-0.3, -0.25) is 0 Å². The van der Waals surface area contributed by atoms with Crippen LogP contribution in [0.2, 0.25) is 0 Å². The van der Waals surface area contributed by atoms with Crippen LogP contribution in [0.3, 0.4) is 0 Å². The second-order valence-corrected chi connectivity index (χ2v) is 13.2. The fourth-order valence-electron chi connectivity index (χ4n) is 7.97. The average Bonchev–Trinajstić information content (AvgIpc) is 3.58. The van der Waals surface area contributed by atoms with E-state index in [1.54, 1.807) is 0 Å². The summed E-state index contributed by atoms with van der Waals surface area (Å²) in [7, 11) is 0. The predicted molar refractivity (Wildman–Crippen MR) is 217 cm³/mol. The number of benzene rings is 9. The van der Waals surface area contributed by atoms with Gasteiger partial charge in [-0.2, -0.15) is 5.26 Å². The van der Waals surface area contributed by atoms with Gasteiger partial charge in [-0.05, 0) is 103 Å². The molecule has 0 atom stereocenters. The Morgan fingerprint density at radius 1 is 0.404 bits per heavy atom. The number of rotatable bonds is 5. The summed E-state index contributed by atoms with van der Waals surface area (Å²) in [5, 5.41) is 19.3. The van der Waals surface area contributed by atoms with Crippen molar-refractivity contribution < 1.29 is 4.42 Å². The lowest BCUT2D eigenvalue weighted by molar-refractivity contribution is 0.669. The van der Waals surface area contributed by atoms with Gasteiger partial charge in [0, 0.05) is 33.9 Å². The molecule has 0 unspecified atom stereocenters. The molecule has 9 aromatic carbocycles. The zero-order valence-corrected chi connectivity index (χ0v) is 28.1. The van der Waals surface area contributed by atoms with Gasteiger partial charge in [0.1, 0.15) is 11.2 Å². The number of anilines is 3. The molecule has 0 radical (unpaired) electrons. The van der Waals surface area contributed by atoms with Crippen LogP contribution in [0.25, 0.3) is 76.5 Å². The van der Waals surface area contributed by atoms with E-state index < -0.39 is 0 Å². The Balaban J connectivity index is 1.16. The molecular weight excluding hydrogens is 633 g/mol. The largest absolute Gasteiger partial charge is 0.456 e. The van der Waals surface area contributed by atoms with Gasteiger partial charge in [0.25, 0.3) is 0 Å². The number of para-hydroxylation sites is 1. The number of nitriles is 1. The van der Waals surface area contributed by atoms with E-state index in [1.807, 2.05) is 42.5 Å². The standard InChI is InChI=1S/C49H30N2O/c50-31-32-11-9-14-36(29-32)51(37-27-28-40-39-16-7-8-22-46(39)52-47(40)30-37)35-25-23-34(24-26-35)48-42-17-3-5-19-44(42)49(45-20-6-4-18-43(45)48)41-21-10-13-33-12-1-2-15-38(33)41/h1-30H. The van der Waals surface area contributed by atoms with Crippen LogP contribution in [-0.4, -0.2) is 0 Å². The third kappa shape index (κ3) is 4.74. The molecule has 10 rings (SSSR count). The highest BCUT2D eigenvalue weighted by molar-refractivity contribution is 6.23. The van der Waals surface area contributed by atoms with Gasteiger partial charge < -0.3 is 9.32 Å². The van der Waals surface area contributed by atoms with E-state index in [4.69, 9.17) is 4.42 Å². The molecule has 242 valence electrons. The Morgan fingerprint density at radius 3 is 1.69 bits per heavy atom. The summed E-state index contributed by atoms with van der Waals surface area (Å²) in [6, 6.07) is 66.2. The van der Waals surface area contributed by atoms with Crippen molar-refractivity contribution in [2.45, 2.75) is 0 Å². The summed E-state index contributed by atoms with van der Waals surface area (Å²) in [4.78, 5) is 2.19. The number of hydrogen-bond donors (Lipinski definition) is 0. The van der Waals surface area contributed by atoms with E-state index in [9.17, 15) is 5.26 Å². The first kappa shape index (κ1) is 29.7. The van der Waals surface area contributed by atoms with Crippen LogP contribution < -0.4 is 4.90 Å². The summed E-state index contributed by atoms with van der Waals surface area (Å²) in [6.07, 6.45) is 0. The molecule has 0 amide bonds. The van der Waals surface area contributed by atoms with E-state index >= 15 is 0 Å². The van der Waals surface area contributed by atoms with Crippen molar-refractivity contribution in [3.05, 3.63) is 188 Å². The predicted octanol–water partition coefficient (Wildman–Crippen LogP) is 13.7. The minimum absolute atomic E-state index is 0.605. The molecule has 0 fully saturated rings. The van der Waals surface area contributed by atoms with Crippen molar-refractivity contribution >= 4 is 71.3 Å². The molecule has 0 bridgehead atoms. The van der Waals surface area contributed by atoms with Gasteiger partial charge in [0.15, 0.2) is 0 Å². The summed E-state index contributed by atoms with van der Waals surface area (Å²) in [6.45, 7) is 0. The molecular formula is C49H30N2O. The second kappa shape index (κ2) is 12.0. The first-order valence-electron chi connectivity index (χ1n) is 17.5. The average molecular weight is 663 g/mol. The Morgan fingerprint density at radius 2 is 0.962 bits per heavy atom. The van der Waals surface area contributed by atoms with Crippen LogP contribution in [0, 0.1) is 11.3 Å². The van der Waals surface area contributed by atoms with Crippen LogP contribution >= 0.6 is 0 Å². The Bertz CT molecular complexity index is 2980. The first-order valence-corrected chi connectivity index (χ1v) is 17.5. The van der Waals surface area contributed by atoms with Gasteiger partial charge in [-0.1, -0.05) is 127 Å². The molecule has 0 saturated heterocycles. The number of furan rings is 1. The lowest BCUT2D eigenvalue weighted by Gasteiger charge is -2.26. The Hall–Kier alpha value is -7.15. The summed E-state index contributed by atoms with van der Waals surface area (Å²) < 4.78 is 6.30. The minimum Gasteiger partial charge on any atom is -0.456 e. The van der Waals surface area contributed by atoms with Crippen LogP contribution in [-0.2, 0) is 0 Å². The summed E-state index contributed by atoms with van der Waals surface area (Å²) in [5.41, 5.74) is 9.97. The molecule has 10 aromatic rings. The van der Waals surface area contributed by atoms with Gasteiger partial charge in [-0.15, -0.1) is 0 Å². The SMILES string of the molecule is N#Cc1cccc(N(c2ccc(-c3c4ccccc4c(-c4cccc5ccccc45)c4ccccc34)cc2)c2ccc3c(c2)oc2ccccc23)c1. The van der Waals surface area contributed by atoms with Crippen molar-refractivity contribution in [3.63, 3.8) is 0 Å². The molecule has 0 saturated carbocycles. The van der Waals surface area contributed by atoms with Crippen LogP contribution in [0.4, 0.5) is 17.1 Å². The van der Waals surface area contributed by atoms with Crippen molar-refractivity contribution in [1.82, 2.24) is 0 Å². The highest BCUT2D eigenvalue weighted by atomic mass is 16.3. The van der Waals surface area contributed by atoms with Gasteiger partial charge >= 0.3 is 0 Å². The van der Waals surface area contributed by atoms with Crippen LogP contribution in [0.5, 0.6) is 0 Å². The van der Waals surface area contributed by atoms with Crippen molar-refractivity contribution in [2.24, 2.45) is 0 Å². The molecule has 0 spiro atoms. The summed E-state index contributed by atoms with van der Waals surface area (Å²) in [5.74, 6) is 0. The van der Waals surface area contributed by atoms with Crippen LogP contribution in [0.1, 0.15) is 5.56 Å². The highest BCUT2D eigenvalue weighted by Gasteiger charge is 2.20. The van der Waals surface area contributed by atoms with Crippen LogP contribution in [0.15, 0.2) is 186 Å². The van der Waals surface area contributed by atoms with Gasteiger partial charge in [0.05, 0.1) is 11.6 Å². The van der Waals surface area contributed by atoms with E-state index in [0.717, 1.165) is 44.6 Å². The maximum Gasteiger partial charge on any atom is 0.137 e. The van der Waals surface area contributed by atoms with Crippen molar-refractivity contribution in [2.75, 3.05) is 4.90 Å². The lowest BCUT2D eigenvalue weighted by Crippen LogP contribution is -2.10. The lowest BCUT2D eigenvalue weighted by atomic mass is 9.85. The molecule has 52 heavy (non-hydrogen) atoms. The van der Waals surface area contributed by atoms with E-state index in [1.165, 1.54) is 49.0 Å². The number of hydrogen-bond acceptors (Lipinski definition) is 3. The molecule has 3 nitrogen and oxygen atoms in total. The number of fused-ring (bicyclic) bond motifs is 6. The molecule has 0 aliphatic carbocycles. The molecule has 0 aliphatic heterocycles. The van der Waals surface area contributed by atoms with Crippen molar-refractivity contribution in [1.29, 1.82) is 5.26 Å². The molecule has 0 aliphatic rings. The second-order valence-electron chi connectivity index (χ2n) is 13.2. The zero-order chi connectivity index (χ0) is 34.6. The maximum atomic E-state index is 9.80. The van der Waals surface area contributed by atoms with E-state index in [0.29, 0.717) is 5.56 Å². The normalized spacial score (nSPS) is 11.4. The molecule has 0 N–H and O–H groups in total. The monoisotopic (exact) mass is 662 g/mol. The third-order valence-corrected chi connectivity index (χ3v) is 10.3. The Labute approximate surface area is 300 Å². The molecule has 3 heteroatoms. The fraction of sp³-hybridized carbons (Fsp3) is 0. The zero-order valence-electron chi connectivity index (χ0n) is 28.1. The smallest absolute Gasteiger partial charge is 0.137 e. The quantitative estimate of drug-likeness (QED) is 0.172. The Kier molecular flexibility index (Phi) is 6.87. The maximum absolute atomic E-state index is 9.80. The summed E-state index contributed by atoms with van der Waals surface area (Å²) >= 11 is 0. The topological polar surface area (TPSA) is 40.2 Å². The number of nitrogens with zero attached hydrogens (tertiary/aromatic N) is 2. The fourth-order valence-corrected chi connectivity index (χ4v) is 7.97. The molecule has 1 aromatic heterocycles. The molecule has 1 heterocycles. The van der Waals surface area contributed by atoms with E-state index in [2.05, 4.69) is 150 Å². The minimum atomic E-state index is 0.605.